The van der Waals surface area contributed by atoms with Crippen LogP contribution in [0.15, 0.2) is 36.7 Å². The summed E-state index contributed by atoms with van der Waals surface area (Å²) >= 11 is 5.76. The maximum atomic E-state index is 5.76. The van der Waals surface area contributed by atoms with Crippen molar-refractivity contribution in [3.05, 3.63) is 53.5 Å². The minimum absolute atomic E-state index is 0.388. The molecule has 0 aliphatic heterocycles. The lowest BCUT2D eigenvalue weighted by molar-refractivity contribution is 0.879. The van der Waals surface area contributed by atoms with E-state index in [2.05, 4.69) is 46.1 Å². The standard InChI is InChI=1S/C14H16ClN3/c1-11-4-3-5-12(6-11)10-18(2)14-9-16-8-13(7-15)17-14/h3-6,8-9H,7,10H2,1-2H3. The van der Waals surface area contributed by atoms with Crippen molar-refractivity contribution in [2.75, 3.05) is 11.9 Å². The van der Waals surface area contributed by atoms with E-state index in [9.17, 15) is 0 Å². The Hall–Kier alpha value is -1.61. The Bertz CT molecular complexity index is 528. The summed E-state index contributed by atoms with van der Waals surface area (Å²) in [5, 5.41) is 0. The molecule has 0 aliphatic rings. The van der Waals surface area contributed by atoms with E-state index in [4.69, 9.17) is 11.6 Å². The zero-order valence-electron chi connectivity index (χ0n) is 10.6. The second kappa shape index (κ2) is 5.83. The molecule has 0 aliphatic carbocycles. The van der Waals surface area contributed by atoms with Crippen molar-refractivity contribution in [3.63, 3.8) is 0 Å². The first-order valence-electron chi connectivity index (χ1n) is 5.82. The SMILES string of the molecule is Cc1cccc(CN(C)c2cncc(CCl)n2)c1. The number of rotatable bonds is 4. The highest BCUT2D eigenvalue weighted by molar-refractivity contribution is 6.16. The average Bonchev–Trinajstić information content (AvgIpc) is 2.39. The highest BCUT2D eigenvalue weighted by atomic mass is 35.5. The first kappa shape index (κ1) is 12.8. The monoisotopic (exact) mass is 261 g/mol. The third-order valence-electron chi connectivity index (χ3n) is 2.70. The fraction of sp³-hybridized carbons (Fsp3) is 0.286. The molecule has 18 heavy (non-hydrogen) atoms. The second-order valence-electron chi connectivity index (χ2n) is 4.35. The van der Waals surface area contributed by atoms with Gasteiger partial charge >= 0.3 is 0 Å². The summed E-state index contributed by atoms with van der Waals surface area (Å²) in [5.41, 5.74) is 3.32. The van der Waals surface area contributed by atoms with Gasteiger partial charge in [-0.25, -0.2) is 4.98 Å². The fourth-order valence-corrected chi connectivity index (χ4v) is 1.94. The van der Waals surface area contributed by atoms with Crippen molar-refractivity contribution in [2.24, 2.45) is 0 Å². The van der Waals surface area contributed by atoms with E-state index in [-0.39, 0.29) is 0 Å². The Morgan fingerprint density at radius 3 is 2.83 bits per heavy atom. The molecule has 1 aromatic carbocycles. The van der Waals surface area contributed by atoms with Gasteiger partial charge in [0.25, 0.3) is 0 Å². The third kappa shape index (κ3) is 3.20. The van der Waals surface area contributed by atoms with Crippen molar-refractivity contribution >= 4 is 17.4 Å². The first-order chi connectivity index (χ1) is 8.69. The largest absolute Gasteiger partial charge is 0.354 e. The fourth-order valence-electron chi connectivity index (χ4n) is 1.81. The molecule has 1 heterocycles. The molecule has 94 valence electrons. The van der Waals surface area contributed by atoms with Crippen LogP contribution in [-0.4, -0.2) is 17.0 Å². The van der Waals surface area contributed by atoms with Crippen LogP contribution in [0, 0.1) is 6.92 Å². The lowest BCUT2D eigenvalue weighted by Gasteiger charge is -2.18. The number of alkyl halides is 1. The molecule has 3 nitrogen and oxygen atoms in total. The van der Waals surface area contributed by atoms with Crippen LogP contribution in [0.2, 0.25) is 0 Å². The zero-order valence-corrected chi connectivity index (χ0v) is 11.4. The van der Waals surface area contributed by atoms with E-state index in [1.54, 1.807) is 12.4 Å². The molecule has 2 aromatic rings. The number of hydrogen-bond acceptors (Lipinski definition) is 3. The Morgan fingerprint density at radius 1 is 1.28 bits per heavy atom. The first-order valence-corrected chi connectivity index (χ1v) is 6.36. The van der Waals surface area contributed by atoms with E-state index in [0.717, 1.165) is 18.1 Å². The summed E-state index contributed by atoms with van der Waals surface area (Å²) < 4.78 is 0. The van der Waals surface area contributed by atoms with Gasteiger partial charge in [-0.05, 0) is 12.5 Å². The third-order valence-corrected chi connectivity index (χ3v) is 2.98. The highest BCUT2D eigenvalue weighted by Gasteiger charge is 2.05. The van der Waals surface area contributed by atoms with Crippen LogP contribution in [0.25, 0.3) is 0 Å². The number of aromatic nitrogens is 2. The summed E-state index contributed by atoms with van der Waals surface area (Å²) in [6, 6.07) is 8.45. The number of halogens is 1. The van der Waals surface area contributed by atoms with Crippen LogP contribution in [0.1, 0.15) is 16.8 Å². The van der Waals surface area contributed by atoms with Gasteiger partial charge in [-0.15, -0.1) is 11.6 Å². The summed E-state index contributed by atoms with van der Waals surface area (Å²) in [6.45, 7) is 2.90. The molecular formula is C14H16ClN3. The van der Waals surface area contributed by atoms with E-state index in [1.807, 2.05) is 7.05 Å². The molecule has 0 unspecified atom stereocenters. The Kier molecular flexibility index (Phi) is 4.15. The minimum atomic E-state index is 0.388. The number of benzene rings is 1. The molecule has 0 saturated carbocycles. The molecule has 4 heteroatoms. The molecule has 0 saturated heterocycles. The van der Waals surface area contributed by atoms with Gasteiger partial charge in [0.1, 0.15) is 5.82 Å². The topological polar surface area (TPSA) is 29.0 Å². The van der Waals surface area contributed by atoms with Crippen LogP contribution in [0.3, 0.4) is 0 Å². The van der Waals surface area contributed by atoms with Crippen molar-refractivity contribution in [1.82, 2.24) is 9.97 Å². The number of anilines is 1. The molecule has 0 bridgehead atoms. The van der Waals surface area contributed by atoms with Crippen molar-refractivity contribution in [3.8, 4) is 0 Å². The average molecular weight is 262 g/mol. The molecule has 0 atom stereocenters. The minimum Gasteiger partial charge on any atom is -0.354 e. The van der Waals surface area contributed by atoms with E-state index >= 15 is 0 Å². The van der Waals surface area contributed by atoms with Crippen molar-refractivity contribution in [2.45, 2.75) is 19.3 Å². The summed E-state index contributed by atoms with van der Waals surface area (Å²) in [6.07, 6.45) is 3.45. The van der Waals surface area contributed by atoms with Crippen LogP contribution < -0.4 is 4.90 Å². The van der Waals surface area contributed by atoms with Crippen LogP contribution in [0.4, 0.5) is 5.82 Å². The van der Waals surface area contributed by atoms with E-state index < -0.39 is 0 Å². The van der Waals surface area contributed by atoms with Gasteiger partial charge in [-0.2, -0.15) is 0 Å². The van der Waals surface area contributed by atoms with Gasteiger partial charge in [0.2, 0.25) is 0 Å². The van der Waals surface area contributed by atoms with Gasteiger partial charge in [0.05, 0.1) is 17.8 Å². The number of nitrogens with zero attached hydrogens (tertiary/aromatic N) is 3. The molecule has 0 amide bonds. The highest BCUT2D eigenvalue weighted by Crippen LogP contribution is 2.13. The Balaban J connectivity index is 2.13. The van der Waals surface area contributed by atoms with Gasteiger partial charge in [0, 0.05) is 19.8 Å². The van der Waals surface area contributed by atoms with Crippen LogP contribution in [-0.2, 0) is 12.4 Å². The predicted octanol–water partition coefficient (Wildman–Crippen LogP) is 3.16. The Labute approximate surface area is 112 Å². The summed E-state index contributed by atoms with van der Waals surface area (Å²) in [5.74, 6) is 1.23. The van der Waals surface area contributed by atoms with Crippen molar-refractivity contribution < 1.29 is 0 Å². The summed E-state index contributed by atoms with van der Waals surface area (Å²) in [7, 11) is 2.00. The molecular weight excluding hydrogens is 246 g/mol. The van der Waals surface area contributed by atoms with Gasteiger partial charge < -0.3 is 4.90 Å². The smallest absolute Gasteiger partial charge is 0.147 e. The zero-order chi connectivity index (χ0) is 13.0. The predicted molar refractivity (Wildman–Crippen MR) is 74.9 cm³/mol. The van der Waals surface area contributed by atoms with Crippen LogP contribution >= 0.6 is 11.6 Å². The molecule has 2 rings (SSSR count). The summed E-state index contributed by atoms with van der Waals surface area (Å²) in [4.78, 5) is 10.7. The molecule has 0 spiro atoms. The molecule has 1 aromatic heterocycles. The van der Waals surface area contributed by atoms with Gasteiger partial charge in [0.15, 0.2) is 0 Å². The maximum absolute atomic E-state index is 5.76. The van der Waals surface area contributed by atoms with Gasteiger partial charge in [-0.1, -0.05) is 29.8 Å². The van der Waals surface area contributed by atoms with E-state index in [0.29, 0.717) is 5.88 Å². The molecule has 0 N–H and O–H groups in total. The maximum Gasteiger partial charge on any atom is 0.147 e. The quantitative estimate of drug-likeness (QED) is 0.792. The Morgan fingerprint density at radius 2 is 2.11 bits per heavy atom. The van der Waals surface area contributed by atoms with Gasteiger partial charge in [-0.3, -0.25) is 4.98 Å². The number of hydrogen-bond donors (Lipinski definition) is 0. The molecule has 0 radical (unpaired) electrons. The van der Waals surface area contributed by atoms with Crippen LogP contribution in [0.5, 0.6) is 0 Å². The lowest BCUT2D eigenvalue weighted by atomic mass is 10.1. The second-order valence-corrected chi connectivity index (χ2v) is 4.61. The molecule has 0 fully saturated rings. The number of aryl methyl sites for hydroxylation is 1. The lowest BCUT2D eigenvalue weighted by Crippen LogP contribution is -2.18. The van der Waals surface area contributed by atoms with Crippen molar-refractivity contribution in [1.29, 1.82) is 0 Å². The van der Waals surface area contributed by atoms with E-state index in [1.165, 1.54) is 11.1 Å². The normalized spacial score (nSPS) is 10.4.